The van der Waals surface area contributed by atoms with E-state index in [4.69, 9.17) is 16.3 Å². The second kappa shape index (κ2) is 8.99. The SMILES string of the molecule is CCOC(=O)C(C)CN(C(=O)CCC(=O)c1ccc(Cl)cc1)C1CC1. The second-order valence-corrected chi connectivity index (χ2v) is 6.80. The van der Waals surface area contributed by atoms with Crippen molar-refractivity contribution >= 4 is 29.3 Å². The fraction of sp³-hybridized carbons (Fsp3) is 0.526. The largest absolute Gasteiger partial charge is 0.466 e. The molecule has 1 unspecified atom stereocenters. The van der Waals surface area contributed by atoms with Crippen molar-refractivity contribution < 1.29 is 19.1 Å². The lowest BCUT2D eigenvalue weighted by atomic mass is 10.1. The highest BCUT2D eigenvalue weighted by Crippen LogP contribution is 2.28. The summed E-state index contributed by atoms with van der Waals surface area (Å²) >= 11 is 5.81. The Morgan fingerprint density at radius 1 is 1.20 bits per heavy atom. The predicted octanol–water partition coefficient (Wildman–Crippen LogP) is 3.49. The molecule has 1 aromatic rings. The lowest BCUT2D eigenvalue weighted by Crippen LogP contribution is -2.39. The number of carbonyl (C=O) groups excluding carboxylic acids is 3. The van der Waals surface area contributed by atoms with Crippen LogP contribution >= 0.6 is 11.6 Å². The van der Waals surface area contributed by atoms with E-state index in [0.29, 0.717) is 23.7 Å². The minimum absolute atomic E-state index is 0.0824. The summed E-state index contributed by atoms with van der Waals surface area (Å²) in [6.07, 6.45) is 2.20. The Labute approximate surface area is 153 Å². The zero-order valence-electron chi connectivity index (χ0n) is 14.7. The van der Waals surface area contributed by atoms with E-state index >= 15 is 0 Å². The zero-order valence-corrected chi connectivity index (χ0v) is 15.4. The number of ketones is 1. The third-order valence-corrected chi connectivity index (χ3v) is 4.45. The molecule has 0 bridgehead atoms. The van der Waals surface area contributed by atoms with Crippen molar-refractivity contribution in [2.75, 3.05) is 13.2 Å². The Kier molecular flexibility index (Phi) is 7.00. The van der Waals surface area contributed by atoms with E-state index < -0.39 is 0 Å². The van der Waals surface area contributed by atoms with Crippen LogP contribution in [0.5, 0.6) is 0 Å². The van der Waals surface area contributed by atoms with Crippen LogP contribution in [0.1, 0.15) is 49.9 Å². The van der Waals surface area contributed by atoms with Crippen molar-refractivity contribution in [1.82, 2.24) is 4.90 Å². The van der Waals surface area contributed by atoms with Crippen molar-refractivity contribution in [3.63, 3.8) is 0 Å². The van der Waals surface area contributed by atoms with Crippen molar-refractivity contribution in [1.29, 1.82) is 0 Å². The number of halogens is 1. The molecule has 0 spiro atoms. The predicted molar refractivity (Wildman–Crippen MR) is 95.5 cm³/mol. The van der Waals surface area contributed by atoms with E-state index in [-0.39, 0.29) is 42.5 Å². The molecule has 0 radical (unpaired) electrons. The molecular formula is C19H24ClNO4. The van der Waals surface area contributed by atoms with Gasteiger partial charge in [-0.05, 0) is 44.0 Å². The molecule has 1 amide bonds. The minimum Gasteiger partial charge on any atom is -0.466 e. The minimum atomic E-state index is -0.364. The van der Waals surface area contributed by atoms with Crippen molar-refractivity contribution in [3.8, 4) is 0 Å². The van der Waals surface area contributed by atoms with Crippen LogP contribution in [-0.4, -0.2) is 41.8 Å². The number of hydrogen-bond acceptors (Lipinski definition) is 4. The average Bonchev–Trinajstić information content (AvgIpc) is 3.42. The van der Waals surface area contributed by atoms with Gasteiger partial charge in [0.05, 0.1) is 12.5 Å². The Balaban J connectivity index is 1.88. The number of benzene rings is 1. The number of amides is 1. The Morgan fingerprint density at radius 2 is 1.84 bits per heavy atom. The van der Waals surface area contributed by atoms with Gasteiger partial charge in [0.15, 0.2) is 5.78 Å². The van der Waals surface area contributed by atoms with Crippen LogP contribution in [0.3, 0.4) is 0 Å². The molecule has 1 aliphatic rings. The summed E-state index contributed by atoms with van der Waals surface area (Å²) < 4.78 is 5.01. The Morgan fingerprint density at radius 3 is 2.40 bits per heavy atom. The first-order valence-corrected chi connectivity index (χ1v) is 9.05. The Hall–Kier alpha value is -1.88. The molecule has 5 nitrogen and oxygen atoms in total. The van der Waals surface area contributed by atoms with Gasteiger partial charge in [0.1, 0.15) is 0 Å². The monoisotopic (exact) mass is 365 g/mol. The molecular weight excluding hydrogens is 342 g/mol. The maximum absolute atomic E-state index is 12.5. The van der Waals surface area contributed by atoms with Crippen LogP contribution in [0, 0.1) is 5.92 Å². The summed E-state index contributed by atoms with van der Waals surface area (Å²) in [4.78, 5) is 38.3. The summed E-state index contributed by atoms with van der Waals surface area (Å²) in [5.74, 6) is -0.824. The van der Waals surface area contributed by atoms with Crippen molar-refractivity contribution in [2.45, 2.75) is 45.6 Å². The summed E-state index contributed by atoms with van der Waals surface area (Å²) in [6, 6.07) is 6.84. The standard InChI is InChI=1S/C19H24ClNO4/c1-3-25-19(24)13(2)12-21(16-8-9-16)18(23)11-10-17(22)14-4-6-15(20)7-5-14/h4-7,13,16H,3,8-12H2,1-2H3. The number of Topliss-reactive ketones (excluding diaryl/α,β-unsaturated/α-hetero) is 1. The second-order valence-electron chi connectivity index (χ2n) is 6.36. The molecule has 136 valence electrons. The third-order valence-electron chi connectivity index (χ3n) is 4.20. The lowest BCUT2D eigenvalue weighted by molar-refractivity contribution is -0.149. The van der Waals surface area contributed by atoms with Crippen LogP contribution in [-0.2, 0) is 14.3 Å². The van der Waals surface area contributed by atoms with Gasteiger partial charge < -0.3 is 9.64 Å². The highest BCUT2D eigenvalue weighted by Gasteiger charge is 2.34. The molecule has 1 saturated carbocycles. The molecule has 2 rings (SSSR count). The molecule has 1 fully saturated rings. The number of hydrogen-bond donors (Lipinski definition) is 0. The van der Waals surface area contributed by atoms with Crippen molar-refractivity contribution in [2.24, 2.45) is 5.92 Å². The summed E-state index contributed by atoms with van der Waals surface area (Å²) in [5.41, 5.74) is 0.551. The fourth-order valence-corrected chi connectivity index (χ4v) is 2.77. The number of rotatable bonds is 9. The topological polar surface area (TPSA) is 63.7 Å². The number of nitrogens with zero attached hydrogens (tertiary/aromatic N) is 1. The van der Waals surface area contributed by atoms with Gasteiger partial charge in [-0.25, -0.2) is 0 Å². The van der Waals surface area contributed by atoms with Gasteiger partial charge in [0, 0.05) is 36.0 Å². The average molecular weight is 366 g/mol. The van der Waals surface area contributed by atoms with E-state index in [2.05, 4.69) is 0 Å². The third kappa shape index (κ3) is 5.85. The number of esters is 1. The first-order valence-electron chi connectivity index (χ1n) is 8.67. The van der Waals surface area contributed by atoms with Crippen LogP contribution in [0.2, 0.25) is 5.02 Å². The molecule has 0 heterocycles. The van der Waals surface area contributed by atoms with Crippen molar-refractivity contribution in [3.05, 3.63) is 34.9 Å². The highest BCUT2D eigenvalue weighted by molar-refractivity contribution is 6.30. The van der Waals surface area contributed by atoms with E-state index in [1.54, 1.807) is 43.0 Å². The van der Waals surface area contributed by atoms with Crippen LogP contribution in [0.15, 0.2) is 24.3 Å². The molecule has 0 aliphatic heterocycles. The van der Waals surface area contributed by atoms with Gasteiger partial charge in [-0.1, -0.05) is 18.5 Å². The van der Waals surface area contributed by atoms with E-state index in [1.807, 2.05) is 0 Å². The molecule has 1 atom stereocenters. The van der Waals surface area contributed by atoms with E-state index in [1.165, 1.54) is 0 Å². The number of carbonyl (C=O) groups is 3. The molecule has 0 saturated heterocycles. The first-order chi connectivity index (χ1) is 11.9. The molecule has 6 heteroatoms. The lowest BCUT2D eigenvalue weighted by Gasteiger charge is -2.25. The maximum Gasteiger partial charge on any atom is 0.310 e. The molecule has 0 N–H and O–H groups in total. The van der Waals surface area contributed by atoms with Crippen LogP contribution < -0.4 is 0 Å². The molecule has 0 aromatic heterocycles. The van der Waals surface area contributed by atoms with Gasteiger partial charge in [-0.15, -0.1) is 0 Å². The van der Waals surface area contributed by atoms with Gasteiger partial charge in [-0.3, -0.25) is 14.4 Å². The van der Waals surface area contributed by atoms with Gasteiger partial charge in [-0.2, -0.15) is 0 Å². The molecule has 1 aliphatic carbocycles. The molecule has 1 aromatic carbocycles. The fourth-order valence-electron chi connectivity index (χ4n) is 2.64. The van der Waals surface area contributed by atoms with Gasteiger partial charge in [0.25, 0.3) is 0 Å². The summed E-state index contributed by atoms with van der Waals surface area (Å²) in [6.45, 7) is 4.20. The highest BCUT2D eigenvalue weighted by atomic mass is 35.5. The van der Waals surface area contributed by atoms with Gasteiger partial charge in [0.2, 0.25) is 5.91 Å². The first kappa shape index (κ1) is 19.4. The normalized spacial score (nSPS) is 14.7. The zero-order chi connectivity index (χ0) is 18.4. The Bertz CT molecular complexity index is 625. The summed E-state index contributed by atoms with van der Waals surface area (Å²) in [7, 11) is 0. The quantitative estimate of drug-likeness (QED) is 0.496. The van der Waals surface area contributed by atoms with Crippen LogP contribution in [0.25, 0.3) is 0 Å². The van der Waals surface area contributed by atoms with Gasteiger partial charge >= 0.3 is 5.97 Å². The number of ether oxygens (including phenoxy) is 1. The maximum atomic E-state index is 12.5. The molecule has 25 heavy (non-hydrogen) atoms. The van der Waals surface area contributed by atoms with E-state index in [0.717, 1.165) is 12.8 Å². The van der Waals surface area contributed by atoms with E-state index in [9.17, 15) is 14.4 Å². The summed E-state index contributed by atoms with van der Waals surface area (Å²) in [5, 5.41) is 0.570. The smallest absolute Gasteiger partial charge is 0.310 e. The van der Waals surface area contributed by atoms with Crippen LogP contribution in [0.4, 0.5) is 0 Å².